The molecule has 0 heterocycles. The van der Waals surface area contributed by atoms with Crippen molar-refractivity contribution in [2.75, 3.05) is 13.3 Å². The van der Waals surface area contributed by atoms with Crippen LogP contribution in [0.3, 0.4) is 0 Å². The summed E-state index contributed by atoms with van der Waals surface area (Å²) in [7, 11) is 1.48. The maximum Gasteiger partial charge on any atom is 0.433 e. The Bertz CT molecular complexity index is 1310. The van der Waals surface area contributed by atoms with Gasteiger partial charge >= 0.3 is 12.1 Å². The summed E-state index contributed by atoms with van der Waals surface area (Å²) in [6.07, 6.45) is 0.269. The third-order valence-corrected chi connectivity index (χ3v) is 6.31. The summed E-state index contributed by atoms with van der Waals surface area (Å²) in [4.78, 5) is 27.7. The van der Waals surface area contributed by atoms with E-state index in [-0.39, 0.29) is 5.92 Å². The quantitative estimate of drug-likeness (QED) is 0.0953. The lowest BCUT2D eigenvalue weighted by Crippen LogP contribution is -2.22. The first kappa shape index (κ1) is 32.2. The molecule has 1 amide bonds. The van der Waals surface area contributed by atoms with Gasteiger partial charge in [-0.2, -0.15) is 5.26 Å². The molecule has 8 nitrogen and oxygen atoms in total. The molecule has 3 aromatic carbocycles. The van der Waals surface area contributed by atoms with Gasteiger partial charge in [-0.25, -0.2) is 4.79 Å². The van der Waals surface area contributed by atoms with E-state index in [4.69, 9.17) is 21.1 Å². The number of carbonyl (C=O) groups excluding carboxylic acids is 2. The predicted molar refractivity (Wildman–Crippen MR) is 159 cm³/mol. The summed E-state index contributed by atoms with van der Waals surface area (Å²) in [5.74, 6) is 0.289. The van der Waals surface area contributed by atoms with Crippen molar-refractivity contribution in [2.45, 2.75) is 32.8 Å². The van der Waals surface area contributed by atoms with Gasteiger partial charge in [0.2, 0.25) is 6.10 Å². The molecule has 3 aromatic rings. The van der Waals surface area contributed by atoms with Gasteiger partial charge in [0.05, 0.1) is 5.92 Å². The number of ether oxygens (including phenoxy) is 2. The molecular formula is C30H32ClN3O5S. The molecule has 0 saturated heterocycles. The van der Waals surface area contributed by atoms with Crippen LogP contribution in [0.4, 0.5) is 4.79 Å². The molecule has 0 aliphatic rings. The Morgan fingerprint density at radius 3 is 2.20 bits per heavy atom. The highest BCUT2D eigenvalue weighted by Gasteiger charge is 2.29. The van der Waals surface area contributed by atoms with Crippen LogP contribution in [-0.4, -0.2) is 30.4 Å². The summed E-state index contributed by atoms with van der Waals surface area (Å²) in [5, 5.41) is 16.7. The molecule has 0 spiro atoms. The minimum atomic E-state index is -1.04. The van der Waals surface area contributed by atoms with Crippen molar-refractivity contribution in [1.82, 2.24) is 5.32 Å². The molecule has 3 rings (SSSR count). The van der Waals surface area contributed by atoms with E-state index in [1.54, 1.807) is 43.3 Å². The second-order valence-electron chi connectivity index (χ2n) is 8.65. The highest BCUT2D eigenvalue weighted by atomic mass is 35.5. The van der Waals surface area contributed by atoms with Crippen LogP contribution in [0.25, 0.3) is 0 Å². The largest absolute Gasteiger partial charge is 0.457 e. The van der Waals surface area contributed by atoms with Gasteiger partial charge in [-0.05, 0) is 61.1 Å². The molecule has 0 aromatic heterocycles. The van der Waals surface area contributed by atoms with Crippen LogP contribution >= 0.6 is 23.4 Å². The monoisotopic (exact) mass is 581 g/mol. The SMILES string of the molecule is CC(C)C(C(=O)OC(C#N)c1cccc(Oc2ccccc2)c1)c1ccc(Cl)cc1.CNC(=O)O/N=C(/C)SC. The van der Waals surface area contributed by atoms with Crippen molar-refractivity contribution in [3.8, 4) is 17.6 Å². The zero-order chi connectivity index (χ0) is 29.5. The molecule has 2 atom stereocenters. The maximum absolute atomic E-state index is 13.0. The number of nitriles is 1. The average molecular weight is 582 g/mol. The summed E-state index contributed by atoms with van der Waals surface area (Å²) in [5.41, 5.74) is 1.36. The first-order valence-corrected chi connectivity index (χ1v) is 13.9. The van der Waals surface area contributed by atoms with Crippen LogP contribution in [0, 0.1) is 17.2 Å². The standard InChI is InChI=1S/C25H22ClNO3.C5H10N2O2S/c1-17(2)24(18-11-13-20(26)14-12-18)25(28)30-23(16-27)19-7-6-10-22(15-19)29-21-8-4-3-5-9-21;1-4(10-3)7-9-5(8)6-2/h3-15,17,23-24H,1-2H3;1-3H3,(H,6,8)/b;7-4-. The van der Waals surface area contributed by atoms with E-state index in [0.717, 1.165) is 5.56 Å². The summed E-state index contributed by atoms with van der Waals surface area (Å²) < 4.78 is 11.4. The topological polar surface area (TPSA) is 110 Å². The lowest BCUT2D eigenvalue weighted by atomic mass is 9.88. The van der Waals surface area contributed by atoms with Crippen molar-refractivity contribution >= 4 is 40.5 Å². The minimum Gasteiger partial charge on any atom is -0.457 e. The van der Waals surface area contributed by atoms with Gasteiger partial charge < -0.3 is 14.8 Å². The van der Waals surface area contributed by atoms with Crippen molar-refractivity contribution < 1.29 is 23.9 Å². The van der Waals surface area contributed by atoms with Crippen LogP contribution in [-0.2, 0) is 14.4 Å². The first-order chi connectivity index (χ1) is 19.2. The Morgan fingerprint density at radius 1 is 0.975 bits per heavy atom. The van der Waals surface area contributed by atoms with E-state index >= 15 is 0 Å². The smallest absolute Gasteiger partial charge is 0.433 e. The molecule has 0 bridgehead atoms. The van der Waals surface area contributed by atoms with Crippen LogP contribution < -0.4 is 10.1 Å². The summed E-state index contributed by atoms with van der Waals surface area (Å²) >= 11 is 7.39. The zero-order valence-electron chi connectivity index (χ0n) is 23.0. The fraction of sp³-hybridized carbons (Fsp3) is 0.267. The first-order valence-electron chi connectivity index (χ1n) is 12.3. The Hall–Kier alpha value is -4.00. The number of carbonyl (C=O) groups is 2. The van der Waals surface area contributed by atoms with Gasteiger partial charge in [0.25, 0.3) is 0 Å². The molecule has 0 aliphatic carbocycles. The average Bonchev–Trinajstić information content (AvgIpc) is 2.96. The molecule has 0 radical (unpaired) electrons. The third-order valence-electron chi connectivity index (χ3n) is 5.40. The fourth-order valence-electron chi connectivity index (χ4n) is 3.38. The van der Waals surface area contributed by atoms with Gasteiger partial charge in [0.15, 0.2) is 0 Å². The molecule has 0 saturated carbocycles. The lowest BCUT2D eigenvalue weighted by molar-refractivity contribution is -0.150. The van der Waals surface area contributed by atoms with E-state index in [2.05, 4.69) is 21.4 Å². The fourth-order valence-corrected chi connectivity index (χ4v) is 3.61. The molecule has 10 heteroatoms. The van der Waals surface area contributed by atoms with Crippen LogP contribution in [0.5, 0.6) is 11.5 Å². The number of thioether (sulfide) groups is 1. The van der Waals surface area contributed by atoms with Gasteiger partial charge in [0.1, 0.15) is 22.6 Å². The van der Waals surface area contributed by atoms with E-state index < -0.39 is 24.1 Å². The number of para-hydroxylation sites is 1. The highest BCUT2D eigenvalue weighted by Crippen LogP contribution is 2.31. The Morgan fingerprint density at radius 2 is 1.62 bits per heavy atom. The van der Waals surface area contributed by atoms with Crippen molar-refractivity contribution in [2.24, 2.45) is 11.1 Å². The molecule has 0 aliphatic heterocycles. The van der Waals surface area contributed by atoms with Gasteiger partial charge in [-0.15, -0.1) is 11.8 Å². The predicted octanol–water partition coefficient (Wildman–Crippen LogP) is 7.72. The number of amides is 1. The molecule has 1 N–H and O–H groups in total. The van der Waals surface area contributed by atoms with E-state index in [1.165, 1.54) is 18.8 Å². The third kappa shape index (κ3) is 10.6. The number of rotatable bonds is 8. The number of nitrogens with one attached hydrogen (secondary N) is 1. The Balaban J connectivity index is 0.000000478. The number of esters is 1. The van der Waals surface area contributed by atoms with Gasteiger partial charge in [-0.1, -0.05) is 73.1 Å². The molecule has 2 unspecified atom stereocenters. The zero-order valence-corrected chi connectivity index (χ0v) is 24.5. The number of hydrogen-bond acceptors (Lipinski definition) is 8. The van der Waals surface area contributed by atoms with Gasteiger partial charge in [-0.3, -0.25) is 9.63 Å². The highest BCUT2D eigenvalue weighted by molar-refractivity contribution is 8.13. The summed E-state index contributed by atoms with van der Waals surface area (Å²) in [6, 6.07) is 25.5. The maximum atomic E-state index is 13.0. The van der Waals surface area contributed by atoms with Gasteiger partial charge in [0, 0.05) is 17.6 Å². The summed E-state index contributed by atoms with van der Waals surface area (Å²) in [6.45, 7) is 5.64. The minimum absolute atomic E-state index is 0.00855. The normalized spacial score (nSPS) is 12.2. The molecular weight excluding hydrogens is 550 g/mol. The second kappa shape index (κ2) is 16.9. The lowest BCUT2D eigenvalue weighted by Gasteiger charge is -2.22. The molecule has 0 fully saturated rings. The molecule has 210 valence electrons. The van der Waals surface area contributed by atoms with Crippen LogP contribution in [0.2, 0.25) is 5.02 Å². The second-order valence-corrected chi connectivity index (χ2v) is 10.1. The number of benzene rings is 3. The number of nitrogens with zero attached hydrogens (tertiary/aromatic N) is 2. The van der Waals surface area contributed by atoms with E-state index in [0.29, 0.717) is 27.1 Å². The van der Waals surface area contributed by atoms with Crippen molar-refractivity contribution in [3.63, 3.8) is 0 Å². The van der Waals surface area contributed by atoms with Crippen LogP contribution in [0.1, 0.15) is 43.9 Å². The van der Waals surface area contributed by atoms with Crippen molar-refractivity contribution in [1.29, 1.82) is 5.26 Å². The van der Waals surface area contributed by atoms with Crippen molar-refractivity contribution in [3.05, 3.63) is 95.0 Å². The van der Waals surface area contributed by atoms with Crippen LogP contribution in [0.15, 0.2) is 84.0 Å². The molecule has 40 heavy (non-hydrogen) atoms. The Labute approximate surface area is 244 Å². The van der Waals surface area contributed by atoms with E-state index in [9.17, 15) is 14.9 Å². The number of oxime groups is 1. The Kier molecular flexibility index (Phi) is 13.6. The number of halogens is 1. The number of hydrogen-bond donors (Lipinski definition) is 1. The van der Waals surface area contributed by atoms with E-state index in [1.807, 2.05) is 62.6 Å².